The number of aromatic nitrogens is 1. The van der Waals surface area contributed by atoms with Crippen LogP contribution < -0.4 is 9.47 Å². The topological polar surface area (TPSA) is 68.7 Å². The van der Waals surface area contributed by atoms with Gasteiger partial charge in [0, 0.05) is 13.6 Å². The van der Waals surface area contributed by atoms with Crippen LogP contribution >= 0.6 is 15.9 Å². The number of halogens is 4. The summed E-state index contributed by atoms with van der Waals surface area (Å²) in [4.78, 5) is 3.94. The molecule has 0 aliphatic rings. The van der Waals surface area contributed by atoms with Gasteiger partial charge in [0.05, 0.1) is 23.3 Å². The average Bonchev–Trinajstić information content (AvgIpc) is 2.75. The fraction of sp³-hybridized carbons (Fsp3) is 0.190. The second kappa shape index (κ2) is 9.47. The molecule has 0 N–H and O–H groups in total. The second-order valence-electron chi connectivity index (χ2n) is 6.69. The van der Waals surface area contributed by atoms with Crippen molar-refractivity contribution in [2.24, 2.45) is 0 Å². The molecule has 0 amide bonds. The Labute approximate surface area is 191 Å². The fourth-order valence-electron chi connectivity index (χ4n) is 2.70. The first-order valence-corrected chi connectivity index (χ1v) is 11.3. The van der Waals surface area contributed by atoms with E-state index in [0.29, 0.717) is 5.75 Å². The van der Waals surface area contributed by atoms with Gasteiger partial charge >= 0.3 is 6.18 Å². The van der Waals surface area contributed by atoms with Gasteiger partial charge in [0.15, 0.2) is 0 Å². The van der Waals surface area contributed by atoms with Gasteiger partial charge in [-0.05, 0) is 64.0 Å². The van der Waals surface area contributed by atoms with E-state index in [1.165, 1.54) is 17.4 Å². The SMILES string of the molecule is COc1ccc(CN(C)S(=O)(=O)c2cnc(Oc3ccc(C(F)(F)F)cc3)c(Br)c2)cc1. The maximum absolute atomic E-state index is 12.9. The van der Waals surface area contributed by atoms with E-state index < -0.39 is 21.8 Å². The van der Waals surface area contributed by atoms with E-state index >= 15 is 0 Å². The molecular weight excluding hydrogens is 513 g/mol. The van der Waals surface area contributed by atoms with Crippen molar-refractivity contribution in [2.75, 3.05) is 14.2 Å². The number of methoxy groups -OCH3 is 1. The van der Waals surface area contributed by atoms with Gasteiger partial charge in [-0.3, -0.25) is 0 Å². The van der Waals surface area contributed by atoms with Crippen LogP contribution in [0.5, 0.6) is 17.4 Å². The van der Waals surface area contributed by atoms with Crippen LogP contribution in [-0.4, -0.2) is 31.9 Å². The molecule has 1 heterocycles. The van der Waals surface area contributed by atoms with Crippen molar-refractivity contribution in [3.63, 3.8) is 0 Å². The molecule has 1 aromatic heterocycles. The Hall–Kier alpha value is -2.63. The standard InChI is InChI=1S/C21H18BrF3N2O4S/c1-27(13-14-3-7-16(30-2)8-4-14)32(28,29)18-11-19(22)20(26-12-18)31-17-9-5-15(6-10-17)21(23,24)25/h3-12H,13H2,1-2H3. The maximum atomic E-state index is 12.9. The molecule has 0 unspecified atom stereocenters. The summed E-state index contributed by atoms with van der Waals surface area (Å²) in [5.74, 6) is 0.802. The zero-order chi connectivity index (χ0) is 23.5. The van der Waals surface area contributed by atoms with Crippen LogP contribution in [0.25, 0.3) is 0 Å². The second-order valence-corrected chi connectivity index (χ2v) is 9.59. The lowest BCUT2D eigenvalue weighted by Gasteiger charge is -2.18. The molecule has 6 nitrogen and oxygen atoms in total. The van der Waals surface area contributed by atoms with E-state index in [9.17, 15) is 21.6 Å². The minimum atomic E-state index is -4.45. The van der Waals surface area contributed by atoms with Crippen LogP contribution in [0.4, 0.5) is 13.2 Å². The van der Waals surface area contributed by atoms with E-state index in [2.05, 4.69) is 20.9 Å². The highest BCUT2D eigenvalue weighted by molar-refractivity contribution is 9.10. The highest BCUT2D eigenvalue weighted by Crippen LogP contribution is 2.33. The zero-order valence-electron chi connectivity index (χ0n) is 16.9. The summed E-state index contributed by atoms with van der Waals surface area (Å²) in [5.41, 5.74) is -0.0376. The summed E-state index contributed by atoms with van der Waals surface area (Å²) in [6.07, 6.45) is -3.32. The fourth-order valence-corrected chi connectivity index (χ4v) is 4.41. The monoisotopic (exact) mass is 530 g/mol. The van der Waals surface area contributed by atoms with Crippen molar-refractivity contribution in [3.05, 3.63) is 76.4 Å². The number of nitrogens with zero attached hydrogens (tertiary/aromatic N) is 2. The third-order valence-electron chi connectivity index (χ3n) is 4.45. The molecule has 0 bridgehead atoms. The van der Waals surface area contributed by atoms with Gasteiger partial charge in [0.2, 0.25) is 15.9 Å². The van der Waals surface area contributed by atoms with Crippen molar-refractivity contribution in [1.29, 1.82) is 0 Å². The first-order chi connectivity index (χ1) is 15.0. The van der Waals surface area contributed by atoms with Crippen LogP contribution in [0.1, 0.15) is 11.1 Å². The molecule has 0 radical (unpaired) electrons. The van der Waals surface area contributed by atoms with Crippen LogP contribution in [0.15, 0.2) is 70.2 Å². The maximum Gasteiger partial charge on any atom is 0.416 e. The minimum Gasteiger partial charge on any atom is -0.497 e. The number of hydrogen-bond donors (Lipinski definition) is 0. The molecule has 2 aromatic carbocycles. The van der Waals surface area contributed by atoms with Gasteiger partial charge in [-0.1, -0.05) is 12.1 Å². The van der Waals surface area contributed by atoms with E-state index in [-0.39, 0.29) is 27.5 Å². The largest absolute Gasteiger partial charge is 0.497 e. The molecule has 0 aliphatic heterocycles. The Morgan fingerprint density at radius 2 is 1.62 bits per heavy atom. The van der Waals surface area contributed by atoms with Crippen molar-refractivity contribution in [2.45, 2.75) is 17.6 Å². The lowest BCUT2D eigenvalue weighted by Crippen LogP contribution is -2.26. The molecule has 3 rings (SSSR count). The summed E-state index contributed by atoms with van der Waals surface area (Å²) >= 11 is 3.21. The summed E-state index contributed by atoms with van der Waals surface area (Å²) in [6.45, 7) is 0.133. The van der Waals surface area contributed by atoms with E-state index in [4.69, 9.17) is 9.47 Å². The first kappa shape index (κ1) is 24.0. The van der Waals surface area contributed by atoms with E-state index in [1.807, 2.05) is 0 Å². The summed E-state index contributed by atoms with van der Waals surface area (Å²) in [5, 5.41) is 0. The van der Waals surface area contributed by atoms with Crippen molar-refractivity contribution in [3.8, 4) is 17.4 Å². The van der Waals surface area contributed by atoms with Gasteiger partial charge < -0.3 is 9.47 Å². The quantitative estimate of drug-likeness (QED) is 0.404. The molecule has 3 aromatic rings. The summed E-state index contributed by atoms with van der Waals surface area (Å²) in [7, 11) is -0.870. The van der Waals surface area contributed by atoms with Crippen LogP contribution in [0.3, 0.4) is 0 Å². The number of sulfonamides is 1. The lowest BCUT2D eigenvalue weighted by molar-refractivity contribution is -0.137. The molecular formula is C21H18BrF3N2O4S. The van der Waals surface area contributed by atoms with Crippen molar-refractivity contribution in [1.82, 2.24) is 9.29 Å². The number of hydrogen-bond acceptors (Lipinski definition) is 5. The number of pyridine rings is 1. The van der Waals surface area contributed by atoms with Gasteiger partial charge in [-0.25, -0.2) is 13.4 Å². The predicted molar refractivity (Wildman–Crippen MR) is 115 cm³/mol. The summed E-state index contributed by atoms with van der Waals surface area (Å²) in [6, 6.07) is 12.4. The van der Waals surface area contributed by atoms with Gasteiger partial charge in [0.25, 0.3) is 0 Å². The van der Waals surface area contributed by atoms with Crippen LogP contribution in [-0.2, 0) is 22.7 Å². The normalized spacial score (nSPS) is 12.1. The summed E-state index contributed by atoms with van der Waals surface area (Å²) < 4.78 is 75.8. The number of benzene rings is 2. The molecule has 32 heavy (non-hydrogen) atoms. The zero-order valence-corrected chi connectivity index (χ0v) is 19.3. The van der Waals surface area contributed by atoms with Crippen molar-refractivity contribution < 1.29 is 31.1 Å². The lowest BCUT2D eigenvalue weighted by atomic mass is 10.2. The van der Waals surface area contributed by atoms with E-state index in [1.54, 1.807) is 31.4 Å². The highest BCUT2D eigenvalue weighted by Gasteiger charge is 2.30. The molecule has 0 fully saturated rings. The number of alkyl halides is 3. The molecule has 0 saturated carbocycles. The third-order valence-corrected chi connectivity index (χ3v) is 6.79. The Balaban J connectivity index is 1.75. The predicted octanol–water partition coefficient (Wildman–Crippen LogP) is 5.48. The smallest absolute Gasteiger partial charge is 0.416 e. The van der Waals surface area contributed by atoms with Gasteiger partial charge in [-0.2, -0.15) is 17.5 Å². The van der Waals surface area contributed by atoms with Crippen LogP contribution in [0, 0.1) is 0 Å². The first-order valence-electron chi connectivity index (χ1n) is 9.10. The average molecular weight is 531 g/mol. The highest BCUT2D eigenvalue weighted by atomic mass is 79.9. The molecule has 0 spiro atoms. The Bertz CT molecular complexity index is 1190. The van der Waals surface area contributed by atoms with Crippen LogP contribution in [0.2, 0.25) is 0 Å². The van der Waals surface area contributed by atoms with Crippen molar-refractivity contribution >= 4 is 26.0 Å². The molecule has 0 saturated heterocycles. The van der Waals surface area contributed by atoms with Gasteiger partial charge in [-0.15, -0.1) is 0 Å². The Kier molecular flexibility index (Phi) is 7.11. The Morgan fingerprint density at radius 3 is 2.16 bits per heavy atom. The van der Waals surface area contributed by atoms with E-state index in [0.717, 1.165) is 36.0 Å². The number of rotatable bonds is 7. The molecule has 0 aliphatic carbocycles. The third kappa shape index (κ3) is 5.59. The minimum absolute atomic E-state index is 0.0153. The Morgan fingerprint density at radius 1 is 1.03 bits per heavy atom. The van der Waals surface area contributed by atoms with Gasteiger partial charge in [0.1, 0.15) is 16.4 Å². The molecule has 170 valence electrons. The molecule has 0 atom stereocenters. The molecule has 11 heteroatoms. The number of ether oxygens (including phenoxy) is 2.